The van der Waals surface area contributed by atoms with Crippen LogP contribution in [0.5, 0.6) is 5.75 Å². The van der Waals surface area contributed by atoms with E-state index in [2.05, 4.69) is 5.32 Å². The van der Waals surface area contributed by atoms with Crippen LogP contribution in [0.25, 0.3) is 0 Å². The predicted molar refractivity (Wildman–Crippen MR) is 105 cm³/mol. The third-order valence-electron chi connectivity index (χ3n) is 4.70. The molecule has 0 aliphatic carbocycles. The van der Waals surface area contributed by atoms with Gasteiger partial charge in [0.05, 0.1) is 6.10 Å². The van der Waals surface area contributed by atoms with E-state index >= 15 is 0 Å². The zero-order valence-electron chi connectivity index (χ0n) is 16.2. The number of likely N-dealkylation sites (tertiary alicyclic amines) is 1. The van der Waals surface area contributed by atoms with Gasteiger partial charge in [0.2, 0.25) is 0 Å². The molecule has 0 bridgehead atoms. The number of amides is 2. The van der Waals surface area contributed by atoms with Crippen LogP contribution in [0.4, 0.5) is 4.39 Å². The number of carbonyl (C=O) groups excluding carboxylic acids is 2. The van der Waals surface area contributed by atoms with E-state index in [0.717, 1.165) is 5.75 Å². The van der Waals surface area contributed by atoms with Crippen molar-refractivity contribution in [2.75, 3.05) is 13.1 Å². The zero-order chi connectivity index (χ0) is 20.1. The molecule has 6 heteroatoms. The predicted octanol–water partition coefficient (Wildman–Crippen LogP) is 3.65. The molecule has 28 heavy (non-hydrogen) atoms. The number of carbonyl (C=O) groups is 2. The molecule has 0 atom stereocenters. The summed E-state index contributed by atoms with van der Waals surface area (Å²) < 4.78 is 18.6. The number of nitrogens with zero attached hydrogens (tertiary/aromatic N) is 1. The standard InChI is InChI=1S/C22H25FN2O3/c1-15(2)28-20-9-5-17(6-10-20)22(27)25-13-11-19(12-14-25)24-21(26)16-3-7-18(23)8-4-16/h3-10,15,19H,11-14H2,1-2H3,(H,24,26). The van der Waals surface area contributed by atoms with Gasteiger partial charge < -0.3 is 15.0 Å². The van der Waals surface area contributed by atoms with Gasteiger partial charge in [-0.15, -0.1) is 0 Å². The molecule has 0 saturated carbocycles. The van der Waals surface area contributed by atoms with E-state index < -0.39 is 0 Å². The molecule has 1 aliphatic heterocycles. The van der Waals surface area contributed by atoms with E-state index in [4.69, 9.17) is 4.74 Å². The molecular formula is C22H25FN2O3. The molecule has 1 fully saturated rings. The SMILES string of the molecule is CC(C)Oc1ccc(C(=O)N2CCC(NC(=O)c3ccc(F)cc3)CC2)cc1. The summed E-state index contributed by atoms with van der Waals surface area (Å²) in [4.78, 5) is 26.7. The number of piperidine rings is 1. The quantitative estimate of drug-likeness (QED) is 0.856. The Kier molecular flexibility index (Phi) is 6.29. The highest BCUT2D eigenvalue weighted by Gasteiger charge is 2.25. The number of ether oxygens (including phenoxy) is 1. The highest BCUT2D eigenvalue weighted by molar-refractivity contribution is 5.95. The van der Waals surface area contributed by atoms with Crippen molar-refractivity contribution >= 4 is 11.8 Å². The van der Waals surface area contributed by atoms with Gasteiger partial charge in [-0.05, 0) is 75.2 Å². The number of hydrogen-bond donors (Lipinski definition) is 1. The maximum atomic E-state index is 13.0. The van der Waals surface area contributed by atoms with Crippen LogP contribution in [0.1, 0.15) is 47.4 Å². The van der Waals surface area contributed by atoms with Crippen LogP contribution >= 0.6 is 0 Å². The van der Waals surface area contributed by atoms with Crippen molar-refractivity contribution in [2.24, 2.45) is 0 Å². The summed E-state index contributed by atoms with van der Waals surface area (Å²) in [7, 11) is 0. The molecule has 1 heterocycles. The first-order valence-corrected chi connectivity index (χ1v) is 9.55. The van der Waals surface area contributed by atoms with Crippen molar-refractivity contribution < 1.29 is 18.7 Å². The lowest BCUT2D eigenvalue weighted by molar-refractivity contribution is 0.0698. The molecular weight excluding hydrogens is 359 g/mol. The Morgan fingerprint density at radius 2 is 1.57 bits per heavy atom. The third kappa shape index (κ3) is 5.09. The molecule has 0 aromatic heterocycles. The van der Waals surface area contributed by atoms with Gasteiger partial charge in [-0.25, -0.2) is 4.39 Å². The maximum Gasteiger partial charge on any atom is 0.253 e. The summed E-state index contributed by atoms with van der Waals surface area (Å²) >= 11 is 0. The summed E-state index contributed by atoms with van der Waals surface area (Å²) in [5, 5.41) is 2.96. The van der Waals surface area contributed by atoms with Gasteiger partial charge in [-0.2, -0.15) is 0 Å². The molecule has 3 rings (SSSR count). The summed E-state index contributed by atoms with van der Waals surface area (Å²) in [5.74, 6) is 0.144. The first kappa shape index (κ1) is 19.9. The minimum Gasteiger partial charge on any atom is -0.491 e. The fourth-order valence-electron chi connectivity index (χ4n) is 3.23. The fourth-order valence-corrected chi connectivity index (χ4v) is 3.23. The monoisotopic (exact) mass is 384 g/mol. The lowest BCUT2D eigenvalue weighted by Gasteiger charge is -2.32. The van der Waals surface area contributed by atoms with E-state index in [-0.39, 0.29) is 29.8 Å². The Morgan fingerprint density at radius 3 is 2.14 bits per heavy atom. The van der Waals surface area contributed by atoms with Crippen LogP contribution in [-0.2, 0) is 0 Å². The Balaban J connectivity index is 1.51. The highest BCUT2D eigenvalue weighted by Crippen LogP contribution is 2.18. The van der Waals surface area contributed by atoms with E-state index in [0.29, 0.717) is 37.1 Å². The van der Waals surface area contributed by atoms with Crippen LogP contribution in [0.2, 0.25) is 0 Å². The van der Waals surface area contributed by atoms with Gasteiger partial charge in [-0.3, -0.25) is 9.59 Å². The highest BCUT2D eigenvalue weighted by atomic mass is 19.1. The molecule has 1 N–H and O–H groups in total. The molecule has 2 aromatic rings. The maximum absolute atomic E-state index is 13.0. The largest absolute Gasteiger partial charge is 0.491 e. The second-order valence-electron chi connectivity index (χ2n) is 7.24. The zero-order valence-corrected chi connectivity index (χ0v) is 16.2. The van der Waals surface area contributed by atoms with Gasteiger partial charge in [0.25, 0.3) is 11.8 Å². The number of rotatable bonds is 5. The Labute approximate surface area is 164 Å². The summed E-state index contributed by atoms with van der Waals surface area (Å²) in [6, 6.07) is 12.7. The Morgan fingerprint density at radius 1 is 1.00 bits per heavy atom. The molecule has 0 unspecified atom stereocenters. The van der Waals surface area contributed by atoms with Crippen molar-refractivity contribution in [1.82, 2.24) is 10.2 Å². The van der Waals surface area contributed by atoms with Gasteiger partial charge in [-0.1, -0.05) is 0 Å². The van der Waals surface area contributed by atoms with Crippen LogP contribution in [0.3, 0.4) is 0 Å². The molecule has 2 amide bonds. The molecule has 0 radical (unpaired) electrons. The first-order chi connectivity index (χ1) is 13.4. The smallest absolute Gasteiger partial charge is 0.253 e. The van der Waals surface area contributed by atoms with Crippen molar-refractivity contribution in [1.29, 1.82) is 0 Å². The van der Waals surface area contributed by atoms with E-state index in [1.165, 1.54) is 24.3 Å². The average Bonchev–Trinajstić information content (AvgIpc) is 2.68. The average molecular weight is 384 g/mol. The number of hydrogen-bond acceptors (Lipinski definition) is 3. The van der Waals surface area contributed by atoms with Crippen LogP contribution in [0.15, 0.2) is 48.5 Å². The molecule has 148 valence electrons. The topological polar surface area (TPSA) is 58.6 Å². The minimum atomic E-state index is -0.368. The third-order valence-corrected chi connectivity index (χ3v) is 4.70. The van der Waals surface area contributed by atoms with Crippen molar-refractivity contribution in [2.45, 2.75) is 38.8 Å². The van der Waals surface area contributed by atoms with E-state index in [9.17, 15) is 14.0 Å². The number of halogens is 1. The van der Waals surface area contributed by atoms with E-state index in [1.54, 1.807) is 17.0 Å². The molecule has 1 saturated heterocycles. The minimum absolute atomic E-state index is 0.00317. The van der Waals surface area contributed by atoms with Crippen molar-refractivity contribution in [3.05, 3.63) is 65.5 Å². The van der Waals surface area contributed by atoms with Gasteiger partial charge in [0.1, 0.15) is 11.6 Å². The molecule has 0 spiro atoms. The lowest BCUT2D eigenvalue weighted by atomic mass is 10.0. The molecule has 5 nitrogen and oxygen atoms in total. The van der Waals surface area contributed by atoms with E-state index in [1.807, 2.05) is 26.0 Å². The molecule has 2 aromatic carbocycles. The second-order valence-corrected chi connectivity index (χ2v) is 7.24. The van der Waals surface area contributed by atoms with Gasteiger partial charge in [0, 0.05) is 30.3 Å². The summed E-state index contributed by atoms with van der Waals surface area (Å²) in [5.41, 5.74) is 1.06. The first-order valence-electron chi connectivity index (χ1n) is 9.55. The second kappa shape index (κ2) is 8.87. The van der Waals surface area contributed by atoms with Crippen LogP contribution in [0, 0.1) is 5.82 Å². The summed E-state index contributed by atoms with van der Waals surface area (Å²) in [6.07, 6.45) is 1.46. The van der Waals surface area contributed by atoms with Crippen LogP contribution < -0.4 is 10.1 Å². The van der Waals surface area contributed by atoms with Crippen LogP contribution in [-0.4, -0.2) is 41.9 Å². The number of benzene rings is 2. The lowest BCUT2D eigenvalue weighted by Crippen LogP contribution is -2.46. The Hall–Kier alpha value is -2.89. The fraction of sp³-hybridized carbons (Fsp3) is 0.364. The summed E-state index contributed by atoms with van der Waals surface area (Å²) in [6.45, 7) is 5.07. The van der Waals surface area contributed by atoms with Gasteiger partial charge in [0.15, 0.2) is 0 Å². The van der Waals surface area contributed by atoms with Gasteiger partial charge >= 0.3 is 0 Å². The van der Waals surface area contributed by atoms with Crippen molar-refractivity contribution in [3.63, 3.8) is 0 Å². The normalized spacial score (nSPS) is 14.8. The van der Waals surface area contributed by atoms with Crippen molar-refractivity contribution in [3.8, 4) is 5.75 Å². The Bertz CT molecular complexity index is 811. The molecule has 1 aliphatic rings. The number of nitrogens with one attached hydrogen (secondary N) is 1.